The zero-order chi connectivity index (χ0) is 24.3. The molecule has 1 aromatic carbocycles. The highest BCUT2D eigenvalue weighted by Gasteiger charge is 2.39. The van der Waals surface area contributed by atoms with Crippen LogP contribution in [0.15, 0.2) is 41.0 Å². The number of fused-ring (bicyclic) bond motifs is 1. The third-order valence-corrected chi connectivity index (χ3v) is 5.72. The van der Waals surface area contributed by atoms with Crippen LogP contribution < -0.4 is 25.0 Å². The number of hydrogen-bond acceptors (Lipinski definition) is 6. The summed E-state index contributed by atoms with van der Waals surface area (Å²) in [6.45, 7) is 6.30. The molecule has 1 atom stereocenters. The van der Waals surface area contributed by atoms with Gasteiger partial charge in [0.1, 0.15) is 19.0 Å². The molecule has 0 spiro atoms. The van der Waals surface area contributed by atoms with E-state index >= 15 is 0 Å². The van der Waals surface area contributed by atoms with Crippen LogP contribution in [0.1, 0.15) is 58.3 Å². The Labute approximate surface area is 198 Å². The fourth-order valence-electron chi connectivity index (χ4n) is 4.25. The van der Waals surface area contributed by atoms with Gasteiger partial charge in [-0.2, -0.15) is 0 Å². The van der Waals surface area contributed by atoms with E-state index in [1.54, 1.807) is 30.3 Å². The van der Waals surface area contributed by atoms with Crippen LogP contribution in [0, 0.1) is 0 Å². The third-order valence-electron chi connectivity index (χ3n) is 5.72. The summed E-state index contributed by atoms with van der Waals surface area (Å²) in [5, 5.41) is 5.74. The van der Waals surface area contributed by atoms with Gasteiger partial charge in [0, 0.05) is 23.3 Å². The number of nitrogens with one attached hydrogen (secondary N) is 2. The lowest BCUT2D eigenvalue weighted by molar-refractivity contribution is -0.139. The SMILES string of the molecule is CC(C)(C)NC(=O)C(c1ccco1)N(C(=O)C(=O)NC1CCCC1)c1ccc2c(c1)OCCO2. The molecule has 1 fully saturated rings. The van der Waals surface area contributed by atoms with Crippen LogP contribution in [-0.4, -0.2) is 42.5 Å². The number of benzene rings is 1. The molecule has 0 saturated heterocycles. The number of rotatable bonds is 5. The molecule has 182 valence electrons. The first-order chi connectivity index (χ1) is 16.2. The van der Waals surface area contributed by atoms with Crippen molar-refractivity contribution < 1.29 is 28.3 Å². The van der Waals surface area contributed by atoms with Crippen LogP contribution in [0.5, 0.6) is 11.5 Å². The lowest BCUT2D eigenvalue weighted by Gasteiger charge is -2.32. The van der Waals surface area contributed by atoms with Crippen LogP contribution >= 0.6 is 0 Å². The van der Waals surface area contributed by atoms with E-state index in [1.807, 2.05) is 20.8 Å². The summed E-state index contributed by atoms with van der Waals surface area (Å²) in [7, 11) is 0. The van der Waals surface area contributed by atoms with Crippen molar-refractivity contribution in [2.75, 3.05) is 18.1 Å². The van der Waals surface area contributed by atoms with Crippen LogP contribution in [0.3, 0.4) is 0 Å². The zero-order valence-corrected chi connectivity index (χ0v) is 19.8. The van der Waals surface area contributed by atoms with Gasteiger partial charge >= 0.3 is 11.8 Å². The van der Waals surface area contributed by atoms with E-state index in [0.717, 1.165) is 25.7 Å². The molecule has 9 heteroatoms. The van der Waals surface area contributed by atoms with Crippen molar-refractivity contribution in [3.63, 3.8) is 0 Å². The predicted molar refractivity (Wildman–Crippen MR) is 125 cm³/mol. The monoisotopic (exact) mass is 469 g/mol. The van der Waals surface area contributed by atoms with Gasteiger partial charge in [0.15, 0.2) is 17.5 Å². The summed E-state index contributed by atoms with van der Waals surface area (Å²) in [6, 6.07) is 6.89. The summed E-state index contributed by atoms with van der Waals surface area (Å²) in [5.74, 6) is -0.882. The molecule has 34 heavy (non-hydrogen) atoms. The molecule has 1 unspecified atom stereocenters. The molecule has 0 bridgehead atoms. The normalized spacial score (nSPS) is 16.6. The van der Waals surface area contributed by atoms with Crippen LogP contribution in [-0.2, 0) is 14.4 Å². The van der Waals surface area contributed by atoms with E-state index in [4.69, 9.17) is 13.9 Å². The Morgan fingerprint density at radius 1 is 1.03 bits per heavy atom. The van der Waals surface area contributed by atoms with E-state index < -0.39 is 29.3 Å². The van der Waals surface area contributed by atoms with Crippen molar-refractivity contribution >= 4 is 23.4 Å². The molecule has 4 rings (SSSR count). The maximum Gasteiger partial charge on any atom is 0.317 e. The molecule has 1 saturated carbocycles. The maximum absolute atomic E-state index is 13.6. The fourth-order valence-corrected chi connectivity index (χ4v) is 4.25. The van der Waals surface area contributed by atoms with Gasteiger partial charge in [-0.05, 0) is 57.9 Å². The Morgan fingerprint density at radius 2 is 1.74 bits per heavy atom. The second-order valence-corrected chi connectivity index (χ2v) is 9.62. The van der Waals surface area contributed by atoms with E-state index in [0.29, 0.717) is 30.4 Å². The molecular formula is C25H31N3O6. The molecule has 1 aliphatic carbocycles. The van der Waals surface area contributed by atoms with E-state index in [1.165, 1.54) is 11.2 Å². The molecule has 2 N–H and O–H groups in total. The van der Waals surface area contributed by atoms with Gasteiger partial charge in [-0.1, -0.05) is 12.8 Å². The average molecular weight is 470 g/mol. The highest BCUT2D eigenvalue weighted by Crippen LogP contribution is 2.37. The number of furan rings is 1. The standard InChI is InChI=1S/C25H31N3O6/c1-25(2,3)27-22(29)21(19-9-6-12-32-19)28(24(31)23(30)26-16-7-4-5-8-16)17-10-11-18-20(15-17)34-14-13-33-18/h6,9-12,15-16,21H,4-5,7-8,13-14H2,1-3H3,(H,26,30)(H,27,29). The van der Waals surface area contributed by atoms with Gasteiger partial charge in [-0.15, -0.1) is 0 Å². The number of carbonyl (C=O) groups is 3. The second kappa shape index (κ2) is 9.79. The van der Waals surface area contributed by atoms with Crippen molar-refractivity contribution in [3.05, 3.63) is 42.4 Å². The Hall–Kier alpha value is -3.49. The predicted octanol–water partition coefficient (Wildman–Crippen LogP) is 3.10. The smallest absolute Gasteiger partial charge is 0.317 e. The lowest BCUT2D eigenvalue weighted by atomic mass is 10.1. The number of amides is 3. The van der Waals surface area contributed by atoms with Crippen LogP contribution in [0.25, 0.3) is 0 Å². The topological polar surface area (TPSA) is 110 Å². The van der Waals surface area contributed by atoms with Gasteiger partial charge in [0.2, 0.25) is 0 Å². The summed E-state index contributed by atoms with van der Waals surface area (Å²) < 4.78 is 16.8. The highest BCUT2D eigenvalue weighted by molar-refractivity contribution is 6.41. The van der Waals surface area contributed by atoms with Gasteiger partial charge in [0.05, 0.1) is 6.26 Å². The quantitative estimate of drug-likeness (QED) is 0.651. The first-order valence-corrected chi connectivity index (χ1v) is 11.6. The van der Waals surface area contributed by atoms with Gasteiger partial charge in [-0.25, -0.2) is 0 Å². The average Bonchev–Trinajstić information content (AvgIpc) is 3.50. The molecule has 1 aliphatic heterocycles. The van der Waals surface area contributed by atoms with Crippen molar-refractivity contribution in [1.82, 2.24) is 10.6 Å². The molecule has 2 heterocycles. The minimum absolute atomic E-state index is 0.0518. The number of anilines is 1. The minimum Gasteiger partial charge on any atom is -0.486 e. The number of ether oxygens (including phenoxy) is 2. The largest absolute Gasteiger partial charge is 0.486 e. The van der Waals surface area contributed by atoms with E-state index in [-0.39, 0.29) is 11.8 Å². The first kappa shape index (κ1) is 23.7. The molecule has 2 aromatic rings. The summed E-state index contributed by atoms with van der Waals surface area (Å²) in [4.78, 5) is 41.3. The van der Waals surface area contributed by atoms with Gasteiger partial charge < -0.3 is 24.5 Å². The van der Waals surface area contributed by atoms with Crippen molar-refractivity contribution in [1.29, 1.82) is 0 Å². The first-order valence-electron chi connectivity index (χ1n) is 11.6. The summed E-state index contributed by atoms with van der Waals surface area (Å²) in [5.41, 5.74) is -0.253. The van der Waals surface area contributed by atoms with Gasteiger partial charge in [0.25, 0.3) is 5.91 Å². The Bertz CT molecular complexity index is 1040. The molecule has 1 aromatic heterocycles. The Morgan fingerprint density at radius 3 is 2.38 bits per heavy atom. The molecule has 2 aliphatic rings. The third kappa shape index (κ3) is 5.35. The molecule has 9 nitrogen and oxygen atoms in total. The zero-order valence-electron chi connectivity index (χ0n) is 19.8. The second-order valence-electron chi connectivity index (χ2n) is 9.62. The Kier molecular flexibility index (Phi) is 6.81. The fraction of sp³-hybridized carbons (Fsp3) is 0.480. The minimum atomic E-state index is -1.21. The summed E-state index contributed by atoms with van der Waals surface area (Å²) in [6.07, 6.45) is 5.10. The van der Waals surface area contributed by atoms with E-state index in [2.05, 4.69) is 10.6 Å². The highest BCUT2D eigenvalue weighted by atomic mass is 16.6. The number of nitrogens with zero attached hydrogens (tertiary/aromatic N) is 1. The molecule has 0 radical (unpaired) electrons. The van der Waals surface area contributed by atoms with Crippen molar-refractivity contribution in [2.24, 2.45) is 0 Å². The molecular weight excluding hydrogens is 438 g/mol. The summed E-state index contributed by atoms with van der Waals surface area (Å²) >= 11 is 0. The Balaban J connectivity index is 1.75. The van der Waals surface area contributed by atoms with Crippen LogP contribution in [0.4, 0.5) is 5.69 Å². The van der Waals surface area contributed by atoms with Crippen molar-refractivity contribution in [2.45, 2.75) is 64.1 Å². The van der Waals surface area contributed by atoms with Crippen molar-refractivity contribution in [3.8, 4) is 11.5 Å². The van der Waals surface area contributed by atoms with Crippen LogP contribution in [0.2, 0.25) is 0 Å². The van der Waals surface area contributed by atoms with Gasteiger partial charge in [-0.3, -0.25) is 19.3 Å². The molecule has 3 amide bonds. The number of hydrogen-bond donors (Lipinski definition) is 2. The lowest BCUT2D eigenvalue weighted by Crippen LogP contribution is -2.53. The number of carbonyl (C=O) groups excluding carboxylic acids is 3. The van der Waals surface area contributed by atoms with E-state index in [9.17, 15) is 14.4 Å². The maximum atomic E-state index is 13.6.